The van der Waals surface area contributed by atoms with Gasteiger partial charge in [0.05, 0.1) is 11.6 Å². The van der Waals surface area contributed by atoms with Gasteiger partial charge in [0, 0.05) is 36.5 Å². The number of pyridine rings is 1. The number of carboxylic acids is 1. The molecule has 1 atom stereocenters. The zero-order chi connectivity index (χ0) is 28.9. The number of hydrogen-bond donors (Lipinski definition) is 2. The first kappa shape index (κ1) is 27.0. The van der Waals surface area contributed by atoms with E-state index >= 15 is 0 Å². The largest absolute Gasteiger partial charge is 0.480 e. The lowest BCUT2D eigenvalue weighted by Gasteiger charge is -2.20. The Balaban J connectivity index is 1.22. The average molecular weight is 559 g/mol. The standard InChI is InChI=1S/C34H30N4O4/c39-33(40)21-38-32(19-31(37-38)24-14-16-35-17-15-24)36-20-25(18-23-8-2-1-3-9-23)34(41)42-22-30-28-12-6-4-10-26(28)27-11-5-7-13-29(27)30/h1-17,19,25,30,36H,18,20-22H2,(H,39,40). The number of aromatic nitrogens is 3. The van der Waals surface area contributed by atoms with Gasteiger partial charge in [-0.2, -0.15) is 5.10 Å². The summed E-state index contributed by atoms with van der Waals surface area (Å²) in [5, 5.41) is 17.3. The van der Waals surface area contributed by atoms with Crippen LogP contribution in [0.1, 0.15) is 22.6 Å². The zero-order valence-electron chi connectivity index (χ0n) is 22.9. The molecule has 1 aliphatic carbocycles. The van der Waals surface area contributed by atoms with E-state index in [2.05, 4.69) is 39.7 Å². The Morgan fingerprint density at radius 3 is 2.19 bits per heavy atom. The molecule has 5 aromatic rings. The van der Waals surface area contributed by atoms with Crippen LogP contribution < -0.4 is 5.32 Å². The highest BCUT2D eigenvalue weighted by Gasteiger charge is 2.30. The third kappa shape index (κ3) is 5.78. The number of aliphatic carboxylic acids is 1. The average Bonchev–Trinajstić information content (AvgIpc) is 3.57. The van der Waals surface area contributed by atoms with Gasteiger partial charge in [-0.1, -0.05) is 78.9 Å². The fourth-order valence-corrected chi connectivity index (χ4v) is 5.56. The van der Waals surface area contributed by atoms with Gasteiger partial charge in [-0.15, -0.1) is 0 Å². The number of rotatable bonds is 11. The lowest BCUT2D eigenvalue weighted by atomic mass is 9.97. The van der Waals surface area contributed by atoms with Crippen LogP contribution >= 0.6 is 0 Å². The summed E-state index contributed by atoms with van der Waals surface area (Å²) in [5.74, 6) is -1.37. The van der Waals surface area contributed by atoms with Gasteiger partial charge in [0.25, 0.3) is 0 Å². The molecular formula is C34H30N4O4. The van der Waals surface area contributed by atoms with E-state index < -0.39 is 11.9 Å². The third-order valence-corrected chi connectivity index (χ3v) is 7.58. The smallest absolute Gasteiger partial charge is 0.325 e. The van der Waals surface area contributed by atoms with E-state index in [4.69, 9.17) is 4.74 Å². The van der Waals surface area contributed by atoms with Gasteiger partial charge < -0.3 is 15.2 Å². The molecule has 0 fully saturated rings. The number of carbonyl (C=O) groups is 2. The van der Waals surface area contributed by atoms with Crippen LogP contribution in [-0.2, 0) is 27.3 Å². The van der Waals surface area contributed by atoms with Crippen LogP contribution in [-0.4, -0.2) is 45.0 Å². The summed E-state index contributed by atoms with van der Waals surface area (Å²) in [4.78, 5) is 29.3. The molecule has 3 aromatic carbocycles. The van der Waals surface area contributed by atoms with Gasteiger partial charge in [0.1, 0.15) is 19.0 Å². The van der Waals surface area contributed by atoms with Crippen molar-refractivity contribution in [3.63, 3.8) is 0 Å². The van der Waals surface area contributed by atoms with Crippen LogP contribution in [0.15, 0.2) is 109 Å². The summed E-state index contributed by atoms with van der Waals surface area (Å²) in [7, 11) is 0. The van der Waals surface area contributed by atoms with Crippen LogP contribution in [0.4, 0.5) is 5.82 Å². The van der Waals surface area contributed by atoms with Gasteiger partial charge in [-0.25, -0.2) is 4.68 Å². The van der Waals surface area contributed by atoms with E-state index in [1.54, 1.807) is 18.5 Å². The normalized spacial score (nSPS) is 12.8. The lowest BCUT2D eigenvalue weighted by Crippen LogP contribution is -2.29. The quantitative estimate of drug-likeness (QED) is 0.202. The van der Waals surface area contributed by atoms with Crippen LogP contribution in [0.5, 0.6) is 0 Å². The number of benzene rings is 3. The maximum Gasteiger partial charge on any atom is 0.325 e. The molecule has 1 unspecified atom stereocenters. The molecule has 0 saturated carbocycles. The van der Waals surface area contributed by atoms with E-state index in [-0.39, 0.29) is 31.6 Å². The Bertz CT molecular complexity index is 1660. The highest BCUT2D eigenvalue weighted by Crippen LogP contribution is 2.44. The Kier molecular flexibility index (Phi) is 7.76. The molecule has 0 spiro atoms. The second kappa shape index (κ2) is 12.1. The number of anilines is 1. The predicted octanol–water partition coefficient (Wildman–Crippen LogP) is 5.66. The van der Waals surface area contributed by atoms with Crippen molar-refractivity contribution in [2.75, 3.05) is 18.5 Å². The van der Waals surface area contributed by atoms with Crippen molar-refractivity contribution in [2.45, 2.75) is 18.9 Å². The highest BCUT2D eigenvalue weighted by molar-refractivity contribution is 5.79. The molecular weight excluding hydrogens is 528 g/mol. The molecule has 42 heavy (non-hydrogen) atoms. The maximum atomic E-state index is 13.7. The topological polar surface area (TPSA) is 106 Å². The molecule has 2 N–H and O–H groups in total. The lowest BCUT2D eigenvalue weighted by molar-refractivity contribution is -0.148. The molecule has 8 nitrogen and oxygen atoms in total. The number of carbonyl (C=O) groups excluding carboxylic acids is 1. The first-order valence-corrected chi connectivity index (χ1v) is 13.9. The fraction of sp³-hybridized carbons (Fsp3) is 0.176. The number of esters is 1. The highest BCUT2D eigenvalue weighted by atomic mass is 16.5. The zero-order valence-corrected chi connectivity index (χ0v) is 22.9. The molecule has 0 amide bonds. The molecule has 1 aliphatic rings. The van der Waals surface area contributed by atoms with Crippen LogP contribution in [0.3, 0.4) is 0 Å². The fourth-order valence-electron chi connectivity index (χ4n) is 5.56. The summed E-state index contributed by atoms with van der Waals surface area (Å²) < 4.78 is 7.43. The molecule has 6 rings (SSSR count). The van der Waals surface area contributed by atoms with E-state index in [9.17, 15) is 14.7 Å². The van der Waals surface area contributed by atoms with Crippen molar-refractivity contribution >= 4 is 17.8 Å². The number of ether oxygens (including phenoxy) is 1. The van der Waals surface area contributed by atoms with Crippen molar-refractivity contribution in [3.8, 4) is 22.4 Å². The predicted molar refractivity (Wildman–Crippen MR) is 160 cm³/mol. The molecule has 0 radical (unpaired) electrons. The van der Waals surface area contributed by atoms with Crippen molar-refractivity contribution in [2.24, 2.45) is 5.92 Å². The van der Waals surface area contributed by atoms with Gasteiger partial charge in [-0.05, 0) is 46.4 Å². The van der Waals surface area contributed by atoms with Crippen molar-refractivity contribution in [1.82, 2.24) is 14.8 Å². The van der Waals surface area contributed by atoms with Gasteiger partial charge in [-0.3, -0.25) is 14.6 Å². The summed E-state index contributed by atoms with van der Waals surface area (Å²) in [5.41, 5.74) is 7.10. The second-order valence-corrected chi connectivity index (χ2v) is 10.3. The summed E-state index contributed by atoms with van der Waals surface area (Å²) >= 11 is 0. The van der Waals surface area contributed by atoms with Crippen molar-refractivity contribution in [3.05, 3.63) is 126 Å². The first-order chi connectivity index (χ1) is 20.6. The molecule has 0 saturated heterocycles. The van der Waals surface area contributed by atoms with Gasteiger partial charge >= 0.3 is 11.9 Å². The van der Waals surface area contributed by atoms with Crippen LogP contribution in [0, 0.1) is 5.92 Å². The Hall–Kier alpha value is -5.24. The molecule has 8 heteroatoms. The SMILES string of the molecule is O=C(O)Cn1nc(-c2ccncc2)cc1NCC(Cc1ccccc1)C(=O)OCC1c2ccccc2-c2ccccc21. The molecule has 2 aromatic heterocycles. The Labute approximate surface area is 243 Å². The summed E-state index contributed by atoms with van der Waals surface area (Å²) in [6, 6.07) is 31.7. The molecule has 2 heterocycles. The maximum absolute atomic E-state index is 13.7. The minimum absolute atomic E-state index is 0.0356. The van der Waals surface area contributed by atoms with Gasteiger partial charge in [0.2, 0.25) is 0 Å². The Morgan fingerprint density at radius 2 is 1.52 bits per heavy atom. The molecule has 210 valence electrons. The number of nitrogens with one attached hydrogen (secondary N) is 1. The van der Waals surface area contributed by atoms with E-state index in [0.717, 1.165) is 22.3 Å². The monoisotopic (exact) mass is 558 g/mol. The molecule has 0 aliphatic heterocycles. The van der Waals surface area contributed by atoms with Crippen molar-refractivity contribution < 1.29 is 19.4 Å². The first-order valence-electron chi connectivity index (χ1n) is 13.9. The van der Waals surface area contributed by atoms with E-state index in [1.165, 1.54) is 15.8 Å². The van der Waals surface area contributed by atoms with Gasteiger partial charge in [0.15, 0.2) is 0 Å². The number of nitrogens with zero attached hydrogens (tertiary/aromatic N) is 3. The minimum Gasteiger partial charge on any atom is -0.480 e. The van der Waals surface area contributed by atoms with Crippen LogP contribution in [0.2, 0.25) is 0 Å². The van der Waals surface area contributed by atoms with E-state index in [1.807, 2.05) is 66.7 Å². The minimum atomic E-state index is -1.01. The Morgan fingerprint density at radius 1 is 0.881 bits per heavy atom. The van der Waals surface area contributed by atoms with Crippen LogP contribution in [0.25, 0.3) is 22.4 Å². The summed E-state index contributed by atoms with van der Waals surface area (Å²) in [6.45, 7) is 0.162. The molecule has 0 bridgehead atoms. The number of fused-ring (bicyclic) bond motifs is 3. The number of hydrogen-bond acceptors (Lipinski definition) is 6. The summed E-state index contributed by atoms with van der Waals surface area (Å²) in [6.07, 6.45) is 3.78. The third-order valence-electron chi connectivity index (χ3n) is 7.58. The van der Waals surface area contributed by atoms with E-state index in [0.29, 0.717) is 17.9 Å². The second-order valence-electron chi connectivity index (χ2n) is 10.3. The van der Waals surface area contributed by atoms with Crippen molar-refractivity contribution in [1.29, 1.82) is 0 Å². The number of carboxylic acid groups (broad SMARTS) is 1.